The van der Waals surface area contributed by atoms with E-state index < -0.39 is 5.54 Å². The molecule has 0 bridgehead atoms. The molecule has 2 amide bonds. The minimum absolute atomic E-state index is 0.0691. The van der Waals surface area contributed by atoms with Crippen LogP contribution in [-0.4, -0.2) is 72.0 Å². The number of nitrogens with one attached hydrogen (secondary N) is 2. The van der Waals surface area contributed by atoms with Crippen molar-refractivity contribution in [3.8, 4) is 0 Å². The van der Waals surface area contributed by atoms with E-state index in [4.69, 9.17) is 0 Å². The molecule has 0 aromatic heterocycles. The fourth-order valence-corrected chi connectivity index (χ4v) is 7.01. The quantitative estimate of drug-likeness (QED) is 0.177. The highest BCUT2D eigenvalue weighted by Crippen LogP contribution is 2.28. The van der Waals surface area contributed by atoms with Gasteiger partial charge in [-0.1, -0.05) is 79.2 Å². The Morgan fingerprint density at radius 3 is 2.18 bits per heavy atom. The number of amides is 2. The summed E-state index contributed by atoms with van der Waals surface area (Å²) in [6, 6.07) is 28.7. The highest BCUT2D eigenvalue weighted by Gasteiger charge is 2.39. The van der Waals surface area contributed by atoms with Crippen molar-refractivity contribution in [2.24, 2.45) is 0 Å². The molecule has 238 valence electrons. The number of hydrogen-bond acceptors (Lipinski definition) is 4. The Morgan fingerprint density at radius 2 is 1.56 bits per heavy atom. The summed E-state index contributed by atoms with van der Waals surface area (Å²) in [5, 5.41) is 7.01. The molecule has 6 nitrogen and oxygen atoms in total. The fraction of sp³-hybridized carbons (Fsp3) is 0.421. The maximum absolute atomic E-state index is 14.3. The molecule has 0 spiro atoms. The fourth-order valence-electron chi connectivity index (χ4n) is 6.65. The second-order valence-electron chi connectivity index (χ2n) is 13.0. The van der Waals surface area contributed by atoms with Crippen LogP contribution in [0.5, 0.6) is 0 Å². The van der Waals surface area contributed by atoms with Crippen molar-refractivity contribution in [1.29, 1.82) is 0 Å². The van der Waals surface area contributed by atoms with Gasteiger partial charge in [0.25, 0.3) is 0 Å². The maximum atomic E-state index is 14.3. The van der Waals surface area contributed by atoms with E-state index in [0.29, 0.717) is 13.1 Å². The van der Waals surface area contributed by atoms with Gasteiger partial charge in [-0.25, -0.2) is 0 Å². The zero-order valence-corrected chi connectivity index (χ0v) is 28.8. The number of carbonyl (C=O) groups excluding carboxylic acids is 2. The zero-order valence-electron chi connectivity index (χ0n) is 26.6. The van der Waals surface area contributed by atoms with Gasteiger partial charge in [-0.2, -0.15) is 0 Å². The van der Waals surface area contributed by atoms with E-state index in [-0.39, 0.29) is 29.8 Å². The summed E-state index contributed by atoms with van der Waals surface area (Å²) in [7, 11) is 0. The molecule has 45 heavy (non-hydrogen) atoms. The predicted molar refractivity (Wildman–Crippen MR) is 192 cm³/mol. The summed E-state index contributed by atoms with van der Waals surface area (Å²) in [5.41, 5.74) is 2.84. The van der Waals surface area contributed by atoms with Crippen molar-refractivity contribution in [2.75, 3.05) is 32.7 Å². The molecular formula is C38H47IN4O2. The minimum atomic E-state index is -0.564. The van der Waals surface area contributed by atoms with E-state index in [0.717, 1.165) is 41.6 Å². The lowest BCUT2D eigenvalue weighted by Gasteiger charge is -2.36. The van der Waals surface area contributed by atoms with Gasteiger partial charge < -0.3 is 20.4 Å². The Kier molecular flexibility index (Phi) is 11.9. The van der Waals surface area contributed by atoms with E-state index in [2.05, 4.69) is 105 Å². The second-order valence-corrected chi connectivity index (χ2v) is 14.3. The lowest BCUT2D eigenvalue weighted by Crippen LogP contribution is -2.60. The first-order chi connectivity index (χ1) is 21.8. The number of nitrogens with zero attached hydrogens (tertiary/aromatic N) is 2. The Hall–Kier alpha value is -3.01. The molecule has 3 aromatic carbocycles. The van der Waals surface area contributed by atoms with Crippen LogP contribution in [0.4, 0.5) is 0 Å². The number of carbonyl (C=O) groups is 2. The van der Waals surface area contributed by atoms with Crippen molar-refractivity contribution >= 4 is 40.5 Å². The lowest BCUT2D eigenvalue weighted by atomic mass is 9.90. The molecule has 3 aromatic rings. The molecule has 0 saturated carbocycles. The second kappa shape index (κ2) is 16.0. The molecule has 0 unspecified atom stereocenters. The minimum Gasteiger partial charge on any atom is -0.346 e. The number of piperidine rings is 1. The number of benzene rings is 3. The van der Waals surface area contributed by atoms with Gasteiger partial charge in [0.15, 0.2) is 0 Å². The summed E-state index contributed by atoms with van der Waals surface area (Å²) in [6.45, 7) is 8.49. The summed E-state index contributed by atoms with van der Waals surface area (Å²) >= 11 is 2.28. The van der Waals surface area contributed by atoms with Gasteiger partial charge in [-0.05, 0) is 110 Å². The number of rotatable bonds is 11. The molecule has 2 aliphatic rings. The van der Waals surface area contributed by atoms with Crippen LogP contribution < -0.4 is 10.6 Å². The highest BCUT2D eigenvalue weighted by atomic mass is 127. The molecule has 0 radical (unpaired) electrons. The average Bonchev–Trinajstić information content (AvgIpc) is 3.22. The first-order valence-electron chi connectivity index (χ1n) is 16.4. The van der Waals surface area contributed by atoms with Crippen molar-refractivity contribution in [2.45, 2.75) is 69.5 Å². The van der Waals surface area contributed by atoms with E-state index in [1.54, 1.807) is 6.08 Å². The molecule has 0 aliphatic carbocycles. The Balaban J connectivity index is 1.34. The van der Waals surface area contributed by atoms with E-state index in [1.165, 1.54) is 30.4 Å². The maximum Gasteiger partial charge on any atom is 0.244 e. The Bertz CT molecular complexity index is 1370. The smallest absolute Gasteiger partial charge is 0.244 e. The number of likely N-dealkylation sites (tertiary alicyclic amines) is 1. The van der Waals surface area contributed by atoms with Crippen molar-refractivity contribution < 1.29 is 9.59 Å². The van der Waals surface area contributed by atoms with Crippen LogP contribution in [-0.2, 0) is 9.59 Å². The Labute approximate surface area is 282 Å². The number of halogens is 1. The van der Waals surface area contributed by atoms with Crippen LogP contribution in [0.3, 0.4) is 0 Å². The first-order valence-corrected chi connectivity index (χ1v) is 17.5. The molecule has 2 N–H and O–H groups in total. The van der Waals surface area contributed by atoms with E-state index >= 15 is 0 Å². The third kappa shape index (κ3) is 9.50. The first kappa shape index (κ1) is 33.4. The topological polar surface area (TPSA) is 64.7 Å². The van der Waals surface area contributed by atoms with Gasteiger partial charge in [0.1, 0.15) is 0 Å². The molecular weight excluding hydrogens is 671 g/mol. The van der Waals surface area contributed by atoms with Crippen LogP contribution in [0, 0.1) is 3.57 Å². The third-order valence-electron chi connectivity index (χ3n) is 9.30. The van der Waals surface area contributed by atoms with Crippen LogP contribution in [0.25, 0.3) is 6.08 Å². The molecule has 2 atom stereocenters. The third-order valence-corrected chi connectivity index (χ3v) is 10.0. The largest absolute Gasteiger partial charge is 0.346 e. The summed E-state index contributed by atoms with van der Waals surface area (Å²) in [6.07, 6.45) is 8.70. The lowest BCUT2D eigenvalue weighted by molar-refractivity contribution is -0.133. The zero-order chi connectivity index (χ0) is 31.6. The molecule has 7 heteroatoms. The van der Waals surface area contributed by atoms with Crippen molar-refractivity contribution in [3.05, 3.63) is 111 Å². The molecule has 2 saturated heterocycles. The van der Waals surface area contributed by atoms with E-state index in [9.17, 15) is 9.59 Å². The average molecular weight is 719 g/mol. The summed E-state index contributed by atoms with van der Waals surface area (Å²) < 4.78 is 1.16. The predicted octanol–water partition coefficient (Wildman–Crippen LogP) is 6.47. The Morgan fingerprint density at radius 1 is 0.933 bits per heavy atom. The highest BCUT2D eigenvalue weighted by molar-refractivity contribution is 14.1. The standard InChI is InChI=1S/C38H47IN4O2/c1-38(2,41-36(44)21-18-29-16-19-32(39)20-17-29)35-23-27-43(37(45)34(40-35)22-26-42-24-10-5-11-25-42)28-33(30-12-6-3-7-13-30)31-14-8-4-9-15-31/h3-4,6-9,12-21,33-35,40H,5,10-11,22-28H2,1-2H3,(H,41,44)/b21-18+/t34-,35-/m0/s1. The molecule has 2 heterocycles. The van der Waals surface area contributed by atoms with Gasteiger partial charge in [-0.3, -0.25) is 9.59 Å². The summed E-state index contributed by atoms with van der Waals surface area (Å²) in [5.74, 6) is 0.104. The van der Waals surface area contributed by atoms with E-state index in [1.807, 2.05) is 42.5 Å². The van der Waals surface area contributed by atoms with Gasteiger partial charge in [0, 0.05) is 41.2 Å². The van der Waals surface area contributed by atoms with Crippen LogP contribution in [0.15, 0.2) is 91.0 Å². The monoisotopic (exact) mass is 718 g/mol. The van der Waals surface area contributed by atoms with Crippen molar-refractivity contribution in [1.82, 2.24) is 20.4 Å². The number of hydrogen-bond donors (Lipinski definition) is 2. The van der Waals surface area contributed by atoms with Gasteiger partial charge in [0.05, 0.1) is 11.6 Å². The van der Waals surface area contributed by atoms with Crippen LogP contribution in [0.2, 0.25) is 0 Å². The molecule has 5 rings (SSSR count). The van der Waals surface area contributed by atoms with Gasteiger partial charge >= 0.3 is 0 Å². The van der Waals surface area contributed by atoms with Gasteiger partial charge in [-0.15, -0.1) is 0 Å². The van der Waals surface area contributed by atoms with Gasteiger partial charge in [0.2, 0.25) is 11.8 Å². The summed E-state index contributed by atoms with van der Waals surface area (Å²) in [4.78, 5) is 32.0. The van der Waals surface area contributed by atoms with Crippen molar-refractivity contribution in [3.63, 3.8) is 0 Å². The molecule has 2 aliphatic heterocycles. The normalized spacial score (nSPS) is 20.0. The SMILES string of the molecule is CC(C)(NC(=O)/C=C/c1ccc(I)cc1)[C@@H]1CCN(CC(c2ccccc2)c2ccccc2)C(=O)[C@H](CCN2CCCCC2)N1. The molecule has 2 fully saturated rings. The van der Waals surface area contributed by atoms with Crippen LogP contribution >= 0.6 is 22.6 Å². The van der Waals surface area contributed by atoms with Crippen LogP contribution in [0.1, 0.15) is 68.6 Å².